The monoisotopic (exact) mass is 348 g/mol. The van der Waals surface area contributed by atoms with Crippen LogP contribution in [0.3, 0.4) is 0 Å². The molecule has 2 atom stereocenters. The Kier molecular flexibility index (Phi) is 8.86. The van der Waals surface area contributed by atoms with Gasteiger partial charge in [-0.1, -0.05) is 13.3 Å². The maximum Gasteiger partial charge on any atom is 0.216 e. The smallest absolute Gasteiger partial charge is 0.216 e. The molecule has 2 N–H and O–H groups in total. The molecule has 1 fully saturated rings. The van der Waals surface area contributed by atoms with Gasteiger partial charge >= 0.3 is 0 Å². The van der Waals surface area contributed by atoms with E-state index in [0.717, 1.165) is 25.9 Å². The summed E-state index contributed by atoms with van der Waals surface area (Å²) >= 11 is 0. The molecule has 23 heavy (non-hydrogen) atoms. The third-order valence-electron chi connectivity index (χ3n) is 3.56. The standard InChI is InChI=1S/C15H32N4O3S/c1-5-7-8-17-15(16-6-2)18-9-10-23(20,21)19-11-13(3)22-14(4)12-19/h13-14H,5-12H2,1-4H3,(H2,16,17,18). The second-order valence-electron chi connectivity index (χ2n) is 5.93. The van der Waals surface area contributed by atoms with Gasteiger partial charge in [-0.3, -0.25) is 4.99 Å². The highest BCUT2D eigenvalue weighted by atomic mass is 32.2. The van der Waals surface area contributed by atoms with Gasteiger partial charge in [0.2, 0.25) is 10.0 Å². The molecule has 136 valence electrons. The van der Waals surface area contributed by atoms with E-state index in [9.17, 15) is 8.42 Å². The van der Waals surface area contributed by atoms with Crippen LogP contribution < -0.4 is 10.6 Å². The van der Waals surface area contributed by atoms with Crippen molar-refractivity contribution in [2.75, 3.05) is 38.5 Å². The Hall–Kier alpha value is -0.860. The molecule has 1 aliphatic rings. The zero-order valence-electron chi connectivity index (χ0n) is 14.8. The molecule has 0 aromatic carbocycles. The highest BCUT2D eigenvalue weighted by Crippen LogP contribution is 2.14. The number of nitrogens with one attached hydrogen (secondary N) is 2. The fourth-order valence-electron chi connectivity index (χ4n) is 2.48. The third kappa shape index (κ3) is 7.50. The van der Waals surface area contributed by atoms with E-state index in [1.54, 1.807) is 0 Å². The van der Waals surface area contributed by atoms with Crippen molar-refractivity contribution in [1.29, 1.82) is 0 Å². The summed E-state index contributed by atoms with van der Waals surface area (Å²) in [5, 5.41) is 6.23. The fraction of sp³-hybridized carbons (Fsp3) is 0.933. The minimum Gasteiger partial charge on any atom is -0.373 e. The number of ether oxygens (including phenoxy) is 1. The van der Waals surface area contributed by atoms with Gasteiger partial charge < -0.3 is 15.4 Å². The molecule has 1 rings (SSSR count). The fourth-order valence-corrected chi connectivity index (χ4v) is 3.97. The Morgan fingerprint density at radius 3 is 2.43 bits per heavy atom. The lowest BCUT2D eigenvalue weighted by Crippen LogP contribution is -2.50. The Balaban J connectivity index is 2.49. The maximum absolute atomic E-state index is 12.4. The lowest BCUT2D eigenvalue weighted by atomic mass is 10.3. The molecule has 0 aromatic heterocycles. The number of morpholine rings is 1. The van der Waals surface area contributed by atoms with Crippen molar-refractivity contribution in [1.82, 2.24) is 14.9 Å². The van der Waals surface area contributed by atoms with Crippen molar-refractivity contribution in [2.24, 2.45) is 4.99 Å². The van der Waals surface area contributed by atoms with Crippen molar-refractivity contribution in [2.45, 2.75) is 52.7 Å². The Labute approximate surface area is 140 Å². The lowest BCUT2D eigenvalue weighted by Gasteiger charge is -2.34. The highest BCUT2D eigenvalue weighted by Gasteiger charge is 2.30. The average molecular weight is 349 g/mol. The molecule has 0 amide bonds. The van der Waals surface area contributed by atoms with Crippen LogP contribution in [0.4, 0.5) is 0 Å². The van der Waals surface area contributed by atoms with Crippen molar-refractivity contribution in [3.05, 3.63) is 0 Å². The summed E-state index contributed by atoms with van der Waals surface area (Å²) in [6, 6.07) is 0. The normalized spacial score (nSPS) is 23.7. The molecule has 8 heteroatoms. The van der Waals surface area contributed by atoms with Gasteiger partial charge in [-0.25, -0.2) is 8.42 Å². The average Bonchev–Trinajstić information content (AvgIpc) is 2.46. The van der Waals surface area contributed by atoms with Gasteiger partial charge in [-0.15, -0.1) is 0 Å². The summed E-state index contributed by atoms with van der Waals surface area (Å²) < 4.78 is 32.0. The summed E-state index contributed by atoms with van der Waals surface area (Å²) in [5.41, 5.74) is 0. The van der Waals surface area contributed by atoms with Crippen LogP contribution in [0.1, 0.15) is 40.5 Å². The lowest BCUT2D eigenvalue weighted by molar-refractivity contribution is -0.0440. The zero-order chi connectivity index (χ0) is 17.3. The van der Waals surface area contributed by atoms with Crippen LogP contribution in [-0.2, 0) is 14.8 Å². The Morgan fingerprint density at radius 1 is 1.22 bits per heavy atom. The van der Waals surface area contributed by atoms with Gasteiger partial charge in [0.25, 0.3) is 0 Å². The second-order valence-corrected chi connectivity index (χ2v) is 8.02. The van der Waals surface area contributed by atoms with Crippen LogP contribution in [0, 0.1) is 0 Å². The summed E-state index contributed by atoms with van der Waals surface area (Å²) in [6.07, 6.45) is 1.99. The molecule has 1 aliphatic heterocycles. The summed E-state index contributed by atoms with van der Waals surface area (Å²) in [7, 11) is -3.28. The van der Waals surface area contributed by atoms with E-state index in [4.69, 9.17) is 4.74 Å². The van der Waals surface area contributed by atoms with Gasteiger partial charge in [-0.2, -0.15) is 4.31 Å². The van der Waals surface area contributed by atoms with Crippen LogP contribution in [-0.4, -0.2) is 69.4 Å². The summed E-state index contributed by atoms with van der Waals surface area (Å²) in [6.45, 7) is 10.6. The van der Waals surface area contributed by atoms with Crippen LogP contribution in [0.5, 0.6) is 0 Å². The van der Waals surface area contributed by atoms with Crippen molar-refractivity contribution < 1.29 is 13.2 Å². The Bertz CT molecular complexity index is 457. The van der Waals surface area contributed by atoms with Gasteiger partial charge in [0.05, 0.1) is 18.0 Å². The van der Waals surface area contributed by atoms with E-state index in [2.05, 4.69) is 22.5 Å². The SMILES string of the molecule is CCCCN=C(NCC)NCCS(=O)(=O)N1CC(C)OC(C)C1. The number of hydrogen-bond acceptors (Lipinski definition) is 4. The number of aliphatic imine (C=N–C) groups is 1. The van der Waals surface area contributed by atoms with Crippen LogP contribution in [0.15, 0.2) is 4.99 Å². The number of hydrogen-bond donors (Lipinski definition) is 2. The van der Waals surface area contributed by atoms with E-state index in [-0.39, 0.29) is 18.0 Å². The number of rotatable bonds is 8. The van der Waals surface area contributed by atoms with Crippen molar-refractivity contribution >= 4 is 16.0 Å². The number of sulfonamides is 1. The first kappa shape index (κ1) is 20.2. The largest absolute Gasteiger partial charge is 0.373 e. The number of nitrogens with zero attached hydrogens (tertiary/aromatic N) is 2. The predicted molar refractivity (Wildman–Crippen MR) is 94.3 cm³/mol. The molecule has 7 nitrogen and oxygen atoms in total. The number of unbranched alkanes of at least 4 members (excludes halogenated alkanes) is 1. The molecular weight excluding hydrogens is 316 g/mol. The van der Waals surface area contributed by atoms with Gasteiger partial charge in [0, 0.05) is 32.7 Å². The van der Waals surface area contributed by atoms with Crippen LogP contribution >= 0.6 is 0 Å². The summed E-state index contributed by atoms with van der Waals surface area (Å²) in [4.78, 5) is 4.43. The molecule has 0 radical (unpaired) electrons. The first-order valence-corrected chi connectivity index (χ1v) is 10.1. The third-order valence-corrected chi connectivity index (χ3v) is 5.36. The molecule has 2 unspecified atom stereocenters. The summed E-state index contributed by atoms with van der Waals surface area (Å²) in [5.74, 6) is 0.741. The predicted octanol–water partition coefficient (Wildman–Crippen LogP) is 0.781. The minimum atomic E-state index is -3.28. The molecule has 0 aliphatic carbocycles. The van der Waals surface area contributed by atoms with E-state index in [0.29, 0.717) is 25.6 Å². The Morgan fingerprint density at radius 2 is 1.87 bits per heavy atom. The minimum absolute atomic E-state index is 0.0602. The first-order chi connectivity index (χ1) is 10.9. The van der Waals surface area contributed by atoms with Crippen molar-refractivity contribution in [3.63, 3.8) is 0 Å². The number of guanidine groups is 1. The molecule has 1 heterocycles. The quantitative estimate of drug-likeness (QED) is 0.385. The maximum atomic E-state index is 12.4. The zero-order valence-corrected chi connectivity index (χ0v) is 15.7. The van der Waals surface area contributed by atoms with Crippen molar-refractivity contribution in [3.8, 4) is 0 Å². The van der Waals surface area contributed by atoms with Crippen LogP contribution in [0.25, 0.3) is 0 Å². The molecule has 1 saturated heterocycles. The topological polar surface area (TPSA) is 83.0 Å². The molecule has 0 aromatic rings. The molecular formula is C15H32N4O3S. The van der Waals surface area contributed by atoms with Gasteiger partial charge in [-0.05, 0) is 27.2 Å². The first-order valence-electron chi connectivity index (χ1n) is 8.54. The molecule has 0 spiro atoms. The van der Waals surface area contributed by atoms with E-state index >= 15 is 0 Å². The highest BCUT2D eigenvalue weighted by molar-refractivity contribution is 7.89. The van der Waals surface area contributed by atoms with E-state index < -0.39 is 10.0 Å². The molecule has 0 bridgehead atoms. The second kappa shape index (κ2) is 10.1. The van der Waals surface area contributed by atoms with E-state index in [1.165, 1.54) is 4.31 Å². The van der Waals surface area contributed by atoms with E-state index in [1.807, 2.05) is 20.8 Å². The van der Waals surface area contributed by atoms with Gasteiger partial charge in [0.1, 0.15) is 0 Å². The molecule has 0 saturated carbocycles. The van der Waals surface area contributed by atoms with Gasteiger partial charge in [0.15, 0.2) is 5.96 Å². The van der Waals surface area contributed by atoms with Crippen LogP contribution in [0.2, 0.25) is 0 Å².